The summed E-state index contributed by atoms with van der Waals surface area (Å²) in [5.41, 5.74) is 0. The van der Waals surface area contributed by atoms with Gasteiger partial charge >= 0.3 is 5.97 Å². The van der Waals surface area contributed by atoms with Crippen molar-refractivity contribution in [1.29, 1.82) is 0 Å². The van der Waals surface area contributed by atoms with Crippen LogP contribution in [0.25, 0.3) is 0 Å². The third-order valence-electron chi connectivity index (χ3n) is 5.70. The maximum Gasteiger partial charge on any atom is 0.311 e. The third-order valence-corrected chi connectivity index (χ3v) is 5.70. The Labute approximate surface area is 150 Å². The second-order valence-electron chi connectivity index (χ2n) is 7.47. The van der Waals surface area contributed by atoms with Gasteiger partial charge in [-0.3, -0.25) is 9.59 Å². The quantitative estimate of drug-likeness (QED) is 0.542. The second kappa shape index (κ2) is 9.32. The highest BCUT2D eigenvalue weighted by Crippen LogP contribution is 2.30. The Morgan fingerprint density at radius 3 is 2.36 bits per heavy atom. The molecule has 2 rings (SSSR count). The fraction of sp³-hybridized carbons (Fsp3) is 0.842. The first kappa shape index (κ1) is 19.9. The van der Waals surface area contributed by atoms with E-state index in [0.29, 0.717) is 6.61 Å². The summed E-state index contributed by atoms with van der Waals surface area (Å²) in [4.78, 5) is 37.4. The molecule has 0 aromatic rings. The van der Waals surface area contributed by atoms with Crippen LogP contribution >= 0.6 is 0 Å². The van der Waals surface area contributed by atoms with Gasteiger partial charge in [0.05, 0.1) is 12.5 Å². The van der Waals surface area contributed by atoms with E-state index >= 15 is 0 Å². The van der Waals surface area contributed by atoms with Gasteiger partial charge in [-0.25, -0.2) is 0 Å². The molecule has 0 bridgehead atoms. The van der Waals surface area contributed by atoms with Crippen LogP contribution in [0.1, 0.15) is 58.8 Å². The zero-order valence-corrected chi connectivity index (χ0v) is 15.6. The van der Waals surface area contributed by atoms with Crippen LogP contribution in [0.5, 0.6) is 0 Å². The topological polar surface area (TPSA) is 72.9 Å². The maximum atomic E-state index is 12.5. The average molecular weight is 353 g/mol. The Bertz CT molecular complexity index is 466. The SMILES string of the molecule is CC(C=O)C(C)C(=O)N(C)C1CCC(C(=O)OC2CCCCO2)CC1. The molecule has 1 saturated carbocycles. The number of hydrogen-bond acceptors (Lipinski definition) is 5. The number of carbonyl (C=O) groups is 3. The largest absolute Gasteiger partial charge is 0.436 e. The standard InChI is InChI=1S/C19H31NO5/c1-13(12-21)14(2)18(22)20(3)16-9-7-15(8-10-16)19(23)25-17-6-4-5-11-24-17/h12-17H,4-11H2,1-3H3. The van der Waals surface area contributed by atoms with E-state index in [1.807, 2.05) is 0 Å². The van der Waals surface area contributed by atoms with Crippen LogP contribution < -0.4 is 0 Å². The molecule has 1 amide bonds. The predicted octanol–water partition coefficient (Wildman–Crippen LogP) is 2.54. The van der Waals surface area contributed by atoms with Gasteiger partial charge in [-0.1, -0.05) is 13.8 Å². The lowest BCUT2D eigenvalue weighted by molar-refractivity contribution is -0.192. The molecular formula is C19H31NO5. The van der Waals surface area contributed by atoms with Crippen LogP contribution in [0.15, 0.2) is 0 Å². The van der Waals surface area contributed by atoms with Gasteiger partial charge < -0.3 is 19.2 Å². The zero-order valence-electron chi connectivity index (χ0n) is 15.6. The third kappa shape index (κ3) is 5.27. The van der Waals surface area contributed by atoms with E-state index in [1.54, 1.807) is 25.8 Å². The lowest BCUT2D eigenvalue weighted by Crippen LogP contribution is -2.44. The molecule has 0 spiro atoms. The second-order valence-corrected chi connectivity index (χ2v) is 7.47. The van der Waals surface area contributed by atoms with E-state index in [2.05, 4.69) is 0 Å². The molecule has 142 valence electrons. The Hall–Kier alpha value is -1.43. The lowest BCUT2D eigenvalue weighted by Gasteiger charge is -2.36. The van der Waals surface area contributed by atoms with E-state index in [9.17, 15) is 14.4 Å². The summed E-state index contributed by atoms with van der Waals surface area (Å²) in [7, 11) is 1.80. The van der Waals surface area contributed by atoms with Crippen molar-refractivity contribution in [2.45, 2.75) is 71.1 Å². The number of rotatable bonds is 6. The van der Waals surface area contributed by atoms with Gasteiger partial charge in [-0.15, -0.1) is 0 Å². The smallest absolute Gasteiger partial charge is 0.311 e. The van der Waals surface area contributed by atoms with E-state index in [-0.39, 0.29) is 42.0 Å². The Kier molecular flexibility index (Phi) is 7.41. The molecule has 1 aliphatic carbocycles. The van der Waals surface area contributed by atoms with Crippen molar-refractivity contribution in [2.75, 3.05) is 13.7 Å². The van der Waals surface area contributed by atoms with Gasteiger partial charge in [-0.05, 0) is 38.5 Å². The lowest BCUT2D eigenvalue weighted by atomic mass is 9.84. The van der Waals surface area contributed by atoms with E-state index < -0.39 is 0 Å². The summed E-state index contributed by atoms with van der Waals surface area (Å²) < 4.78 is 10.9. The number of ether oxygens (including phenoxy) is 2. The Balaban J connectivity index is 1.79. The molecular weight excluding hydrogens is 322 g/mol. The molecule has 6 heteroatoms. The molecule has 6 nitrogen and oxygen atoms in total. The van der Waals surface area contributed by atoms with Crippen LogP contribution in [-0.4, -0.2) is 49.0 Å². The van der Waals surface area contributed by atoms with Crippen molar-refractivity contribution in [2.24, 2.45) is 17.8 Å². The number of carbonyl (C=O) groups excluding carboxylic acids is 3. The molecule has 1 heterocycles. The van der Waals surface area contributed by atoms with Gasteiger partial charge in [0, 0.05) is 31.3 Å². The summed E-state index contributed by atoms with van der Waals surface area (Å²) >= 11 is 0. The van der Waals surface area contributed by atoms with Gasteiger partial charge in [0.25, 0.3) is 0 Å². The molecule has 1 saturated heterocycles. The normalized spacial score (nSPS) is 29.3. The maximum absolute atomic E-state index is 12.5. The number of amides is 1. The number of aldehydes is 1. The van der Waals surface area contributed by atoms with Crippen LogP contribution in [0, 0.1) is 17.8 Å². The van der Waals surface area contributed by atoms with Crippen molar-refractivity contribution in [3.63, 3.8) is 0 Å². The van der Waals surface area contributed by atoms with E-state index in [4.69, 9.17) is 9.47 Å². The van der Waals surface area contributed by atoms with Crippen LogP contribution in [0.3, 0.4) is 0 Å². The summed E-state index contributed by atoms with van der Waals surface area (Å²) in [6, 6.07) is 0.129. The van der Waals surface area contributed by atoms with Gasteiger partial charge in [0.2, 0.25) is 12.2 Å². The molecule has 0 aromatic carbocycles. The molecule has 2 aliphatic rings. The van der Waals surface area contributed by atoms with E-state index in [0.717, 1.165) is 51.2 Å². The minimum absolute atomic E-state index is 0.00114. The minimum Gasteiger partial charge on any atom is -0.436 e. The summed E-state index contributed by atoms with van der Waals surface area (Å²) in [5.74, 6) is -0.856. The summed E-state index contributed by atoms with van der Waals surface area (Å²) in [5, 5.41) is 0. The van der Waals surface area contributed by atoms with Crippen molar-refractivity contribution in [3.8, 4) is 0 Å². The highest BCUT2D eigenvalue weighted by Gasteiger charge is 2.34. The van der Waals surface area contributed by atoms with Crippen LogP contribution in [0.4, 0.5) is 0 Å². The highest BCUT2D eigenvalue weighted by molar-refractivity contribution is 5.81. The molecule has 0 N–H and O–H groups in total. The monoisotopic (exact) mass is 353 g/mol. The molecule has 1 aliphatic heterocycles. The first-order chi connectivity index (χ1) is 11.9. The number of esters is 1. The van der Waals surface area contributed by atoms with Gasteiger partial charge in [0.15, 0.2) is 0 Å². The fourth-order valence-corrected chi connectivity index (χ4v) is 3.57. The Morgan fingerprint density at radius 2 is 1.80 bits per heavy atom. The molecule has 0 aromatic heterocycles. The van der Waals surface area contributed by atoms with Gasteiger partial charge in [-0.2, -0.15) is 0 Å². The predicted molar refractivity (Wildman–Crippen MR) is 92.6 cm³/mol. The number of hydrogen-bond donors (Lipinski definition) is 0. The average Bonchev–Trinajstić information content (AvgIpc) is 2.66. The zero-order chi connectivity index (χ0) is 18.4. The van der Waals surface area contributed by atoms with Gasteiger partial charge in [0.1, 0.15) is 6.29 Å². The summed E-state index contributed by atoms with van der Waals surface area (Å²) in [6.45, 7) is 4.23. The highest BCUT2D eigenvalue weighted by atomic mass is 16.7. The van der Waals surface area contributed by atoms with Crippen molar-refractivity contribution < 1.29 is 23.9 Å². The van der Waals surface area contributed by atoms with E-state index in [1.165, 1.54) is 0 Å². The molecule has 25 heavy (non-hydrogen) atoms. The van der Waals surface area contributed by atoms with Crippen molar-refractivity contribution >= 4 is 18.2 Å². The van der Waals surface area contributed by atoms with Crippen LogP contribution in [0.2, 0.25) is 0 Å². The molecule has 3 atom stereocenters. The Morgan fingerprint density at radius 1 is 1.12 bits per heavy atom. The van der Waals surface area contributed by atoms with Crippen molar-refractivity contribution in [3.05, 3.63) is 0 Å². The number of nitrogens with zero attached hydrogens (tertiary/aromatic N) is 1. The first-order valence-corrected chi connectivity index (χ1v) is 9.48. The summed E-state index contributed by atoms with van der Waals surface area (Å²) in [6.07, 6.45) is 6.33. The fourth-order valence-electron chi connectivity index (χ4n) is 3.57. The van der Waals surface area contributed by atoms with Crippen molar-refractivity contribution in [1.82, 2.24) is 4.90 Å². The minimum atomic E-state index is -0.381. The first-order valence-electron chi connectivity index (χ1n) is 9.48. The molecule has 0 radical (unpaired) electrons. The molecule has 2 fully saturated rings. The van der Waals surface area contributed by atoms with Crippen LogP contribution in [-0.2, 0) is 23.9 Å². The molecule has 3 unspecified atom stereocenters.